The maximum absolute atomic E-state index is 8.63. The first-order valence-electron chi connectivity index (χ1n) is 3.99. The summed E-state index contributed by atoms with van der Waals surface area (Å²) in [6.45, 7) is 0. The molecule has 1 aromatic carbocycles. The van der Waals surface area contributed by atoms with Gasteiger partial charge < -0.3 is 9.68 Å². The fourth-order valence-corrected chi connectivity index (χ4v) is 1.26. The van der Waals surface area contributed by atoms with E-state index in [0.29, 0.717) is 5.75 Å². The summed E-state index contributed by atoms with van der Waals surface area (Å²) in [5.41, 5.74) is 0.777. The predicted molar refractivity (Wildman–Crippen MR) is 51.7 cm³/mol. The van der Waals surface area contributed by atoms with Crippen LogP contribution < -0.4 is 4.65 Å². The van der Waals surface area contributed by atoms with E-state index in [1.54, 1.807) is 12.3 Å². The van der Waals surface area contributed by atoms with Crippen molar-refractivity contribution in [2.45, 2.75) is 0 Å². The van der Waals surface area contributed by atoms with E-state index in [-0.39, 0.29) is 7.69 Å². The molecular weight excluding hydrogens is 165 g/mol. The Morgan fingerprint density at radius 1 is 1.23 bits per heavy atom. The average Bonchev–Trinajstić information content (AvgIpc) is 2.19. The van der Waals surface area contributed by atoms with E-state index in [9.17, 15) is 0 Å². The van der Waals surface area contributed by atoms with Gasteiger partial charge in [-0.3, -0.25) is 4.98 Å². The second kappa shape index (κ2) is 3.45. The smallest absolute Gasteiger partial charge is 0.504 e. The molecule has 0 saturated heterocycles. The molecule has 0 aliphatic heterocycles. The zero-order valence-corrected chi connectivity index (χ0v) is 6.97. The first-order chi connectivity index (χ1) is 6.42. The monoisotopic (exact) mass is 173 g/mol. The summed E-state index contributed by atoms with van der Waals surface area (Å²) in [6, 6.07) is 9.42. The first kappa shape index (κ1) is 8.07. The Hall–Kier alpha value is -1.55. The van der Waals surface area contributed by atoms with Crippen molar-refractivity contribution in [3.8, 4) is 5.75 Å². The summed E-state index contributed by atoms with van der Waals surface area (Å²) in [7, 11) is -0.324. The van der Waals surface area contributed by atoms with Gasteiger partial charge in [-0.2, -0.15) is 0 Å². The number of nitrogens with zero attached hydrogens (tertiary/aromatic N) is 1. The average molecular weight is 173 g/mol. The van der Waals surface area contributed by atoms with Crippen LogP contribution in [0.3, 0.4) is 0 Å². The van der Waals surface area contributed by atoms with E-state index in [1.165, 1.54) is 0 Å². The van der Waals surface area contributed by atoms with Gasteiger partial charge in [0.05, 0.1) is 0 Å². The van der Waals surface area contributed by atoms with Crippen LogP contribution in [0.1, 0.15) is 0 Å². The minimum atomic E-state index is -0.324. The second-order valence-corrected chi connectivity index (χ2v) is 2.60. The van der Waals surface area contributed by atoms with Crippen LogP contribution in [0.4, 0.5) is 0 Å². The Morgan fingerprint density at radius 2 is 2.08 bits per heavy atom. The van der Waals surface area contributed by atoms with Gasteiger partial charge in [0.1, 0.15) is 11.3 Å². The van der Waals surface area contributed by atoms with Crippen molar-refractivity contribution in [3.63, 3.8) is 0 Å². The SMILES string of the molecule is OBOc1cccc2cccnc12. The largest absolute Gasteiger partial charge is 0.537 e. The topological polar surface area (TPSA) is 42.4 Å². The Balaban J connectivity index is 2.61. The molecule has 13 heavy (non-hydrogen) atoms. The third-order valence-corrected chi connectivity index (χ3v) is 1.82. The van der Waals surface area contributed by atoms with E-state index >= 15 is 0 Å². The van der Waals surface area contributed by atoms with Crippen LogP contribution in [0.2, 0.25) is 0 Å². The minimum Gasteiger partial charge on any atom is -0.537 e. The molecule has 64 valence electrons. The summed E-state index contributed by atoms with van der Waals surface area (Å²) in [5.74, 6) is 0.612. The lowest BCUT2D eigenvalue weighted by molar-refractivity contribution is 0.456. The number of pyridine rings is 1. The number of rotatable bonds is 2. The molecule has 0 amide bonds. The van der Waals surface area contributed by atoms with Gasteiger partial charge in [-0.05, 0) is 12.1 Å². The van der Waals surface area contributed by atoms with E-state index in [4.69, 9.17) is 9.68 Å². The van der Waals surface area contributed by atoms with Crippen molar-refractivity contribution in [1.82, 2.24) is 4.98 Å². The number of benzene rings is 1. The number of fused-ring (bicyclic) bond motifs is 1. The van der Waals surface area contributed by atoms with Crippen molar-refractivity contribution in [1.29, 1.82) is 0 Å². The van der Waals surface area contributed by atoms with Gasteiger partial charge in [-0.15, -0.1) is 0 Å². The summed E-state index contributed by atoms with van der Waals surface area (Å²) in [5, 5.41) is 9.64. The molecule has 0 unspecified atom stereocenters. The maximum atomic E-state index is 8.63. The van der Waals surface area contributed by atoms with Crippen LogP contribution in [0.15, 0.2) is 36.5 Å². The fraction of sp³-hybridized carbons (Fsp3) is 0. The van der Waals surface area contributed by atoms with Crippen molar-refractivity contribution in [2.24, 2.45) is 0 Å². The molecule has 0 radical (unpaired) electrons. The highest BCUT2D eigenvalue weighted by Gasteiger charge is 2.01. The molecule has 1 heterocycles. The molecule has 3 nitrogen and oxygen atoms in total. The predicted octanol–water partition coefficient (Wildman–Crippen LogP) is 0.872. The molecule has 0 aliphatic rings. The molecule has 0 saturated carbocycles. The van der Waals surface area contributed by atoms with Gasteiger partial charge >= 0.3 is 7.69 Å². The van der Waals surface area contributed by atoms with Gasteiger partial charge in [-0.25, -0.2) is 0 Å². The Morgan fingerprint density at radius 3 is 2.92 bits per heavy atom. The zero-order valence-electron chi connectivity index (χ0n) is 6.97. The van der Waals surface area contributed by atoms with Crippen LogP contribution in [-0.2, 0) is 0 Å². The van der Waals surface area contributed by atoms with Crippen LogP contribution in [0.5, 0.6) is 5.75 Å². The van der Waals surface area contributed by atoms with E-state index in [2.05, 4.69) is 4.98 Å². The molecule has 0 atom stereocenters. The number of aromatic nitrogens is 1. The number of para-hydroxylation sites is 1. The molecule has 1 aromatic heterocycles. The molecule has 0 bridgehead atoms. The van der Waals surface area contributed by atoms with Crippen molar-refractivity contribution in [3.05, 3.63) is 36.5 Å². The Bertz CT molecular complexity index is 414. The van der Waals surface area contributed by atoms with Gasteiger partial charge in [0.2, 0.25) is 0 Å². The van der Waals surface area contributed by atoms with Crippen molar-refractivity contribution in [2.75, 3.05) is 0 Å². The van der Waals surface area contributed by atoms with Crippen LogP contribution in [-0.4, -0.2) is 17.7 Å². The Kier molecular flexibility index (Phi) is 2.14. The first-order valence-corrected chi connectivity index (χ1v) is 3.99. The summed E-state index contributed by atoms with van der Waals surface area (Å²) in [6.07, 6.45) is 1.70. The lowest BCUT2D eigenvalue weighted by Gasteiger charge is -2.04. The minimum absolute atomic E-state index is 0.324. The molecular formula is C9H8BNO2. The fourth-order valence-electron chi connectivity index (χ4n) is 1.26. The van der Waals surface area contributed by atoms with Gasteiger partial charge in [0, 0.05) is 11.6 Å². The van der Waals surface area contributed by atoms with Gasteiger partial charge in [0.15, 0.2) is 0 Å². The lowest BCUT2D eigenvalue weighted by Crippen LogP contribution is -2.00. The Labute approximate surface area is 76.3 Å². The molecule has 4 heteroatoms. The van der Waals surface area contributed by atoms with Gasteiger partial charge in [-0.1, -0.05) is 18.2 Å². The van der Waals surface area contributed by atoms with Crippen molar-refractivity contribution < 1.29 is 9.68 Å². The van der Waals surface area contributed by atoms with E-state index in [0.717, 1.165) is 10.9 Å². The van der Waals surface area contributed by atoms with Gasteiger partial charge in [0.25, 0.3) is 0 Å². The van der Waals surface area contributed by atoms with Crippen molar-refractivity contribution >= 4 is 18.6 Å². The lowest BCUT2D eigenvalue weighted by atomic mass is 10.2. The summed E-state index contributed by atoms with van der Waals surface area (Å²) < 4.78 is 5.01. The van der Waals surface area contributed by atoms with Crippen LogP contribution in [0, 0.1) is 0 Å². The highest BCUT2D eigenvalue weighted by atomic mass is 16.5. The zero-order chi connectivity index (χ0) is 9.10. The number of hydrogen-bond donors (Lipinski definition) is 1. The maximum Gasteiger partial charge on any atom is 0.504 e. The molecule has 0 fully saturated rings. The highest BCUT2D eigenvalue weighted by Crippen LogP contribution is 2.22. The standard InChI is InChI=1S/C9H8BNO2/c12-10-13-8-5-1-3-7-4-2-6-11-9(7)8/h1-6,10,12H. The second-order valence-electron chi connectivity index (χ2n) is 2.60. The normalized spacial score (nSPS) is 9.92. The van der Waals surface area contributed by atoms with E-state index < -0.39 is 0 Å². The summed E-state index contributed by atoms with van der Waals surface area (Å²) in [4.78, 5) is 4.16. The van der Waals surface area contributed by atoms with Crippen LogP contribution in [0.25, 0.3) is 10.9 Å². The third kappa shape index (κ3) is 1.48. The van der Waals surface area contributed by atoms with Crippen LogP contribution >= 0.6 is 0 Å². The highest BCUT2D eigenvalue weighted by molar-refractivity contribution is 6.17. The quantitative estimate of drug-likeness (QED) is 0.685. The molecule has 1 N–H and O–H groups in total. The van der Waals surface area contributed by atoms with E-state index in [1.807, 2.05) is 24.3 Å². The molecule has 2 rings (SSSR count). The third-order valence-electron chi connectivity index (χ3n) is 1.82. The number of hydrogen-bond acceptors (Lipinski definition) is 3. The molecule has 0 spiro atoms. The summed E-state index contributed by atoms with van der Waals surface area (Å²) >= 11 is 0. The molecule has 0 aliphatic carbocycles. The molecule has 2 aromatic rings.